The van der Waals surface area contributed by atoms with Crippen molar-refractivity contribution in [2.45, 2.75) is 19.8 Å². The second-order valence-corrected chi connectivity index (χ2v) is 4.43. The molecule has 0 aromatic heterocycles. The maximum absolute atomic E-state index is 11.5. The molecule has 1 N–H and O–H groups in total. The maximum Gasteiger partial charge on any atom is 0.272 e. The van der Waals surface area contributed by atoms with Gasteiger partial charge in [0.1, 0.15) is 5.69 Å². The number of anilines is 2. The zero-order chi connectivity index (χ0) is 13.3. The molecule has 0 saturated heterocycles. The molecule has 0 heterocycles. The van der Waals surface area contributed by atoms with E-state index < -0.39 is 10.9 Å². The summed E-state index contributed by atoms with van der Waals surface area (Å²) in [5, 5.41) is 2.99. The van der Waals surface area contributed by atoms with Crippen molar-refractivity contribution in [3.63, 3.8) is 0 Å². The first-order valence-corrected chi connectivity index (χ1v) is 5.79. The van der Waals surface area contributed by atoms with Gasteiger partial charge in [-0.05, 0) is 17.5 Å². The lowest BCUT2D eigenvalue weighted by molar-refractivity contribution is 0.408. The summed E-state index contributed by atoms with van der Waals surface area (Å²) in [5.74, 6) is 0.435. The Hall–Kier alpha value is -2.10. The van der Waals surface area contributed by atoms with Crippen LogP contribution in [0.4, 0.5) is 11.4 Å². The fourth-order valence-corrected chi connectivity index (χ4v) is 1.93. The molecule has 0 bridgehead atoms. The van der Waals surface area contributed by atoms with Gasteiger partial charge in [-0.1, -0.05) is 32.0 Å². The Balaban J connectivity index is 2.38. The molecule has 94 valence electrons. The predicted molar refractivity (Wildman–Crippen MR) is 71.7 cm³/mol. The largest absolute Gasteiger partial charge is 0.491 e. The van der Waals surface area contributed by atoms with E-state index in [-0.39, 0.29) is 11.4 Å². The molecule has 0 amide bonds. The van der Waals surface area contributed by atoms with Gasteiger partial charge in [-0.3, -0.25) is 9.59 Å². The van der Waals surface area contributed by atoms with Gasteiger partial charge >= 0.3 is 0 Å². The van der Waals surface area contributed by atoms with Gasteiger partial charge in [-0.2, -0.15) is 0 Å². The topological polar surface area (TPSA) is 55.4 Å². The monoisotopic (exact) mass is 245 g/mol. The van der Waals surface area contributed by atoms with Crippen molar-refractivity contribution in [3.05, 3.63) is 50.3 Å². The van der Waals surface area contributed by atoms with Crippen molar-refractivity contribution in [1.29, 1.82) is 0 Å². The summed E-state index contributed by atoms with van der Waals surface area (Å²) < 4.78 is 4.90. The van der Waals surface area contributed by atoms with Crippen LogP contribution in [0.3, 0.4) is 0 Å². The Morgan fingerprint density at radius 2 is 1.78 bits per heavy atom. The zero-order valence-electron chi connectivity index (χ0n) is 10.6. The minimum Gasteiger partial charge on any atom is -0.491 e. The Morgan fingerprint density at radius 1 is 1.11 bits per heavy atom. The maximum atomic E-state index is 11.5. The highest BCUT2D eigenvalue weighted by molar-refractivity contribution is 5.71. The van der Waals surface area contributed by atoms with Gasteiger partial charge in [0.15, 0.2) is 5.75 Å². The first-order chi connectivity index (χ1) is 8.56. The number of ether oxygens (including phenoxy) is 1. The summed E-state index contributed by atoms with van der Waals surface area (Å²) in [5.41, 5.74) is 1.08. The molecule has 18 heavy (non-hydrogen) atoms. The second kappa shape index (κ2) is 4.64. The summed E-state index contributed by atoms with van der Waals surface area (Å²) in [4.78, 5) is 22.7. The molecule has 0 aliphatic heterocycles. The zero-order valence-corrected chi connectivity index (χ0v) is 10.6. The number of benzene rings is 1. The molecule has 0 unspecified atom stereocenters. The van der Waals surface area contributed by atoms with E-state index in [0.29, 0.717) is 5.92 Å². The van der Waals surface area contributed by atoms with Crippen LogP contribution in [0.25, 0.3) is 0 Å². The van der Waals surface area contributed by atoms with E-state index in [1.165, 1.54) is 7.11 Å². The lowest BCUT2D eigenvalue weighted by Crippen LogP contribution is -2.34. The summed E-state index contributed by atoms with van der Waals surface area (Å²) in [6.07, 6.45) is 0. The average molecular weight is 245 g/mol. The minimum atomic E-state index is -0.568. The number of methoxy groups -OCH3 is 1. The van der Waals surface area contributed by atoms with Crippen LogP contribution in [0.1, 0.15) is 25.3 Å². The number of nitrogens with one attached hydrogen (secondary N) is 1. The Labute approximate surface area is 105 Å². The van der Waals surface area contributed by atoms with Crippen molar-refractivity contribution in [2.75, 3.05) is 12.4 Å². The molecule has 0 spiro atoms. The molecule has 2 aromatic rings. The van der Waals surface area contributed by atoms with Gasteiger partial charge in [0.25, 0.3) is 10.9 Å². The van der Waals surface area contributed by atoms with Gasteiger partial charge in [0, 0.05) is 5.69 Å². The van der Waals surface area contributed by atoms with Crippen LogP contribution < -0.4 is 20.9 Å². The van der Waals surface area contributed by atoms with Crippen molar-refractivity contribution in [3.8, 4) is 5.75 Å². The molecule has 0 saturated carbocycles. The Kier molecular flexibility index (Phi) is 3.19. The fourth-order valence-electron chi connectivity index (χ4n) is 1.93. The molecule has 0 atom stereocenters. The quantitative estimate of drug-likeness (QED) is 0.839. The van der Waals surface area contributed by atoms with E-state index in [1.807, 2.05) is 24.3 Å². The molecule has 0 fully saturated rings. The summed E-state index contributed by atoms with van der Waals surface area (Å²) in [6, 6.07) is 7.70. The summed E-state index contributed by atoms with van der Waals surface area (Å²) in [7, 11) is 1.38. The third-order valence-electron chi connectivity index (χ3n) is 2.91. The SMILES string of the molecule is COc1c(Nc2ccccc2C(C)C)c(=O)c1=O. The van der Waals surface area contributed by atoms with Crippen LogP contribution in [0.15, 0.2) is 33.9 Å². The number of rotatable bonds is 4. The highest BCUT2D eigenvalue weighted by Crippen LogP contribution is 2.28. The van der Waals surface area contributed by atoms with Gasteiger partial charge in [-0.25, -0.2) is 0 Å². The van der Waals surface area contributed by atoms with Crippen LogP contribution in [0, 0.1) is 0 Å². The lowest BCUT2D eigenvalue weighted by atomic mass is 10.0. The van der Waals surface area contributed by atoms with E-state index in [2.05, 4.69) is 19.2 Å². The molecule has 0 radical (unpaired) electrons. The van der Waals surface area contributed by atoms with Gasteiger partial charge in [0.05, 0.1) is 7.11 Å². The van der Waals surface area contributed by atoms with E-state index in [9.17, 15) is 9.59 Å². The summed E-state index contributed by atoms with van der Waals surface area (Å²) >= 11 is 0. The summed E-state index contributed by atoms with van der Waals surface area (Å²) in [6.45, 7) is 4.14. The molecular formula is C14H15NO3. The van der Waals surface area contributed by atoms with Crippen molar-refractivity contribution < 1.29 is 4.74 Å². The molecular weight excluding hydrogens is 230 g/mol. The van der Waals surface area contributed by atoms with Crippen LogP contribution in [-0.4, -0.2) is 7.11 Å². The molecule has 4 nitrogen and oxygen atoms in total. The van der Waals surface area contributed by atoms with Crippen molar-refractivity contribution >= 4 is 11.4 Å². The average Bonchev–Trinajstić information content (AvgIpc) is 2.38. The van der Waals surface area contributed by atoms with Crippen molar-refractivity contribution in [1.82, 2.24) is 0 Å². The van der Waals surface area contributed by atoms with Gasteiger partial charge in [-0.15, -0.1) is 0 Å². The van der Waals surface area contributed by atoms with Crippen molar-refractivity contribution in [2.24, 2.45) is 0 Å². The lowest BCUT2D eigenvalue weighted by Gasteiger charge is -2.16. The standard InChI is InChI=1S/C14H15NO3/c1-8(2)9-6-4-5-7-10(9)15-11-12(16)13(17)14(11)18-3/h4-8,15H,1-3H3. The molecule has 2 aromatic carbocycles. The number of hydrogen-bond donors (Lipinski definition) is 1. The molecule has 4 heteroatoms. The fraction of sp³-hybridized carbons (Fsp3) is 0.286. The highest BCUT2D eigenvalue weighted by atomic mass is 16.5. The first kappa shape index (κ1) is 12.4. The highest BCUT2D eigenvalue weighted by Gasteiger charge is 2.22. The number of hydrogen-bond acceptors (Lipinski definition) is 4. The molecule has 0 aliphatic rings. The Bertz CT molecular complexity index is 637. The molecule has 0 aliphatic carbocycles. The third-order valence-corrected chi connectivity index (χ3v) is 2.91. The minimum absolute atomic E-state index is 0.110. The first-order valence-electron chi connectivity index (χ1n) is 5.79. The van der Waals surface area contributed by atoms with Crippen LogP contribution in [0.2, 0.25) is 0 Å². The smallest absolute Gasteiger partial charge is 0.272 e. The van der Waals surface area contributed by atoms with E-state index in [0.717, 1.165) is 11.3 Å². The predicted octanol–water partition coefficient (Wildman–Crippen LogP) is 2.16. The van der Waals surface area contributed by atoms with E-state index in [4.69, 9.17) is 4.74 Å². The van der Waals surface area contributed by atoms with Gasteiger partial charge in [0.2, 0.25) is 0 Å². The van der Waals surface area contributed by atoms with Crippen LogP contribution >= 0.6 is 0 Å². The van der Waals surface area contributed by atoms with E-state index >= 15 is 0 Å². The third kappa shape index (κ3) is 1.90. The Morgan fingerprint density at radius 3 is 2.39 bits per heavy atom. The van der Waals surface area contributed by atoms with Crippen LogP contribution in [0.5, 0.6) is 5.75 Å². The van der Waals surface area contributed by atoms with E-state index in [1.54, 1.807) is 0 Å². The molecule has 2 rings (SSSR count). The number of para-hydroxylation sites is 1. The second-order valence-electron chi connectivity index (χ2n) is 4.43. The normalized spacial score (nSPS) is 10.9. The van der Waals surface area contributed by atoms with Gasteiger partial charge < -0.3 is 10.1 Å². The van der Waals surface area contributed by atoms with Crippen LogP contribution in [-0.2, 0) is 0 Å².